The van der Waals surface area contributed by atoms with Crippen molar-refractivity contribution in [3.8, 4) is 11.1 Å². The van der Waals surface area contributed by atoms with Crippen molar-refractivity contribution in [2.75, 3.05) is 6.54 Å². The second kappa shape index (κ2) is 19.8. The number of amides is 3. The van der Waals surface area contributed by atoms with Gasteiger partial charge in [0.15, 0.2) is 5.96 Å². The molecule has 1 unspecified atom stereocenters. The number of carbonyl (C=O) groups excluding carboxylic acids is 4. The Morgan fingerprint density at radius 2 is 1.39 bits per heavy atom. The first-order valence-electron chi connectivity index (χ1n) is 16.0. The molecule has 0 fully saturated rings. The molecule has 3 amide bonds. The van der Waals surface area contributed by atoms with Crippen molar-refractivity contribution in [3.05, 3.63) is 108 Å². The van der Waals surface area contributed by atoms with Crippen molar-refractivity contribution < 1.29 is 23.9 Å². The van der Waals surface area contributed by atoms with Crippen LogP contribution in [0.2, 0.25) is 0 Å². The Morgan fingerprint density at radius 3 is 1.94 bits per heavy atom. The zero-order chi connectivity index (χ0) is 36.4. The average Bonchev–Trinajstić information content (AvgIpc) is 3.06. The minimum atomic E-state index is -1.11. The lowest BCUT2D eigenvalue weighted by Gasteiger charge is -2.25. The first kappa shape index (κ1) is 39.5. The highest BCUT2D eigenvalue weighted by Gasteiger charge is 2.29. The number of aliphatic imine (C=N–C) groups is 1. The van der Waals surface area contributed by atoms with E-state index in [9.17, 15) is 14.4 Å². The van der Waals surface area contributed by atoms with Crippen LogP contribution in [0.3, 0.4) is 0 Å². The quantitative estimate of drug-likeness (QED) is 0.0875. The summed E-state index contributed by atoms with van der Waals surface area (Å²) in [5, 5.41) is 7.41. The molecule has 8 N–H and O–H groups in total. The lowest BCUT2D eigenvalue weighted by atomic mass is 9.97. The van der Waals surface area contributed by atoms with Crippen molar-refractivity contribution in [2.45, 2.75) is 65.1 Å². The summed E-state index contributed by atoms with van der Waals surface area (Å²) in [5.41, 5.74) is 18.4. The number of alkyl carbamates (subject to hydrolysis) is 1. The molecule has 260 valence electrons. The zero-order valence-electron chi connectivity index (χ0n) is 28.8. The van der Waals surface area contributed by atoms with E-state index < -0.39 is 35.6 Å². The molecule has 49 heavy (non-hydrogen) atoms. The molecule has 0 heterocycles. The van der Waals surface area contributed by atoms with E-state index in [1.165, 1.54) is 6.92 Å². The molecule has 0 saturated heterocycles. The van der Waals surface area contributed by atoms with Crippen LogP contribution in [0, 0.1) is 0 Å². The number of aldehydes is 1. The Balaban J connectivity index is 0.000000731. The van der Waals surface area contributed by atoms with Gasteiger partial charge in [-0.05, 0) is 67.1 Å². The minimum absolute atomic E-state index is 0.182. The van der Waals surface area contributed by atoms with E-state index in [0.29, 0.717) is 5.56 Å². The molecule has 0 aliphatic rings. The predicted octanol–water partition coefficient (Wildman–Crippen LogP) is 5.16. The second-order valence-corrected chi connectivity index (χ2v) is 11.9. The molecule has 11 nitrogen and oxygen atoms in total. The Labute approximate surface area is 288 Å². The van der Waals surface area contributed by atoms with Crippen molar-refractivity contribution in [1.82, 2.24) is 10.6 Å². The summed E-state index contributed by atoms with van der Waals surface area (Å²) in [6.45, 7) is 9.42. The summed E-state index contributed by atoms with van der Waals surface area (Å²) in [5.74, 6) is -1.06. The molecule has 0 saturated carbocycles. The van der Waals surface area contributed by atoms with Crippen LogP contribution in [0.15, 0.2) is 102 Å². The second-order valence-electron chi connectivity index (χ2n) is 11.9. The largest absolute Gasteiger partial charge is 0.444 e. The lowest BCUT2D eigenvalue weighted by molar-refractivity contribution is -0.128. The van der Waals surface area contributed by atoms with Crippen LogP contribution in [0.1, 0.15) is 58.2 Å². The van der Waals surface area contributed by atoms with E-state index >= 15 is 0 Å². The van der Waals surface area contributed by atoms with Crippen molar-refractivity contribution in [1.29, 1.82) is 0 Å². The first-order valence-corrected chi connectivity index (χ1v) is 16.0. The number of hydrogen-bond acceptors (Lipinski definition) is 6. The molecule has 0 radical (unpaired) electrons. The maximum absolute atomic E-state index is 13.6. The Hall–Kier alpha value is -5.71. The molecule has 2 atom stereocenters. The third-order valence-corrected chi connectivity index (χ3v) is 6.76. The van der Waals surface area contributed by atoms with Gasteiger partial charge in [-0.15, -0.1) is 0 Å². The van der Waals surface area contributed by atoms with Gasteiger partial charge in [-0.1, -0.05) is 104 Å². The van der Waals surface area contributed by atoms with E-state index in [4.69, 9.17) is 26.7 Å². The third-order valence-electron chi connectivity index (χ3n) is 6.76. The maximum atomic E-state index is 13.6. The molecule has 4 aromatic carbocycles. The molecular weight excluding hydrogens is 620 g/mol. The molecule has 4 rings (SSSR count). The maximum Gasteiger partial charge on any atom is 0.408 e. The van der Waals surface area contributed by atoms with E-state index in [0.717, 1.165) is 46.7 Å². The number of ether oxygens (including phenoxy) is 1. The first-order chi connectivity index (χ1) is 23.3. The number of nitrogens with one attached hydrogen (secondary N) is 2. The van der Waals surface area contributed by atoms with Gasteiger partial charge in [0.05, 0.1) is 0 Å². The number of hydrogen-bond donors (Lipinski definition) is 5. The smallest absolute Gasteiger partial charge is 0.408 e. The minimum Gasteiger partial charge on any atom is -0.444 e. The van der Waals surface area contributed by atoms with E-state index in [2.05, 4.69) is 15.6 Å². The SMILES string of the molecule is CC(C)(C)OC(=O)NC(C(=O)N[C@@H](Cc1cccc2ccccc12)C(N)=O)c1ccc(-c2ccccc2)cc1.CC=O.CCCN=C(N)N. The van der Waals surface area contributed by atoms with Crippen molar-refractivity contribution >= 4 is 40.9 Å². The highest BCUT2D eigenvalue weighted by atomic mass is 16.6. The van der Waals surface area contributed by atoms with Gasteiger partial charge in [0.25, 0.3) is 0 Å². The highest BCUT2D eigenvalue weighted by molar-refractivity contribution is 5.93. The fourth-order valence-electron chi connectivity index (χ4n) is 4.63. The van der Waals surface area contributed by atoms with Crippen LogP contribution < -0.4 is 27.8 Å². The summed E-state index contributed by atoms with van der Waals surface area (Å²) >= 11 is 0. The normalized spacial score (nSPS) is 11.6. The van der Waals surface area contributed by atoms with Gasteiger partial charge in [-0.3, -0.25) is 14.6 Å². The van der Waals surface area contributed by atoms with Gasteiger partial charge >= 0.3 is 6.09 Å². The van der Waals surface area contributed by atoms with Crippen molar-refractivity contribution in [2.24, 2.45) is 22.2 Å². The van der Waals surface area contributed by atoms with Crippen LogP contribution in [0.5, 0.6) is 0 Å². The van der Waals surface area contributed by atoms with Gasteiger partial charge in [0, 0.05) is 13.0 Å². The molecule has 0 spiro atoms. The fraction of sp³-hybridized carbons (Fsp3) is 0.289. The molecule has 0 bridgehead atoms. The van der Waals surface area contributed by atoms with Crippen LogP contribution in [-0.4, -0.2) is 48.3 Å². The number of guanidine groups is 1. The molecule has 0 aromatic heterocycles. The predicted molar refractivity (Wildman–Crippen MR) is 195 cm³/mol. The van der Waals surface area contributed by atoms with Crippen LogP contribution in [0.25, 0.3) is 21.9 Å². The van der Waals surface area contributed by atoms with Gasteiger partial charge in [0.1, 0.15) is 24.0 Å². The fourth-order valence-corrected chi connectivity index (χ4v) is 4.63. The van der Waals surface area contributed by atoms with Gasteiger partial charge in [-0.2, -0.15) is 0 Å². The lowest BCUT2D eigenvalue weighted by Crippen LogP contribution is -2.50. The van der Waals surface area contributed by atoms with Crippen LogP contribution in [0.4, 0.5) is 4.79 Å². The molecular formula is C38H48N6O5. The number of primary amides is 1. The number of carbonyl (C=O) groups is 4. The van der Waals surface area contributed by atoms with Gasteiger partial charge in [0.2, 0.25) is 11.8 Å². The summed E-state index contributed by atoms with van der Waals surface area (Å²) in [6.07, 6.45) is 1.20. The molecule has 0 aliphatic heterocycles. The molecule has 0 aliphatic carbocycles. The zero-order valence-corrected chi connectivity index (χ0v) is 28.8. The van der Waals surface area contributed by atoms with Gasteiger partial charge < -0.3 is 37.4 Å². The van der Waals surface area contributed by atoms with Gasteiger partial charge in [-0.25, -0.2) is 4.79 Å². The van der Waals surface area contributed by atoms with Crippen LogP contribution in [-0.2, 0) is 25.5 Å². The summed E-state index contributed by atoms with van der Waals surface area (Å²) < 4.78 is 5.41. The summed E-state index contributed by atoms with van der Waals surface area (Å²) in [7, 11) is 0. The average molecular weight is 669 g/mol. The van der Waals surface area contributed by atoms with E-state index in [-0.39, 0.29) is 12.4 Å². The number of nitrogens with zero attached hydrogens (tertiary/aromatic N) is 1. The monoisotopic (exact) mass is 668 g/mol. The number of fused-ring (bicyclic) bond motifs is 1. The molecule has 4 aromatic rings. The number of nitrogens with two attached hydrogens (primary N) is 3. The topological polar surface area (TPSA) is 192 Å². The standard InChI is InChI=1S/C32H33N3O4.C4H11N3.C2H4O/c1-32(2,3)39-31(38)35-28(24-18-16-22(17-19-24)21-10-5-4-6-11-21)30(37)34-27(29(33)36)20-25-14-9-13-23-12-7-8-15-26(23)25;1-2-3-7-4(5)6;1-2-3/h4-19,27-28H,20H2,1-3H3,(H2,33,36)(H,34,37)(H,35,38);2-3H2,1H3,(H4,5,6,7);2H,1H3/t27-,28?;;/m0../s1. The van der Waals surface area contributed by atoms with Crippen LogP contribution >= 0.6 is 0 Å². The number of rotatable bonds is 10. The Kier molecular flexibility index (Phi) is 16.0. The summed E-state index contributed by atoms with van der Waals surface area (Å²) in [6, 6.07) is 28.6. The molecule has 11 heteroatoms. The highest BCUT2D eigenvalue weighted by Crippen LogP contribution is 2.24. The summed E-state index contributed by atoms with van der Waals surface area (Å²) in [4.78, 5) is 51.2. The number of benzene rings is 4. The van der Waals surface area contributed by atoms with E-state index in [1.807, 2.05) is 91.9 Å². The van der Waals surface area contributed by atoms with E-state index in [1.54, 1.807) is 32.9 Å². The third kappa shape index (κ3) is 13.9. The Morgan fingerprint density at radius 1 is 0.816 bits per heavy atom. The Bertz CT molecular complexity index is 1680. The van der Waals surface area contributed by atoms with Crippen molar-refractivity contribution in [3.63, 3.8) is 0 Å².